The van der Waals surface area contributed by atoms with Gasteiger partial charge in [0.1, 0.15) is 17.7 Å². The molecule has 0 aliphatic carbocycles. The second-order valence-electron chi connectivity index (χ2n) is 4.04. The number of nitrogens with zero attached hydrogens (tertiary/aromatic N) is 2. The van der Waals surface area contributed by atoms with Crippen LogP contribution in [0, 0.1) is 6.92 Å². The number of ether oxygens (including phenoxy) is 1. The van der Waals surface area contributed by atoms with Gasteiger partial charge in [-0.05, 0) is 19.1 Å². The summed E-state index contributed by atoms with van der Waals surface area (Å²) in [5.41, 5.74) is 1.82. The molecule has 90 valence electrons. The molecule has 2 aromatic rings. The number of benzene rings is 1. The highest BCUT2D eigenvalue weighted by molar-refractivity contribution is 5.40. The SMILES string of the molecule is COc1ccc(C)cc1C(O)c1nccn1C. The van der Waals surface area contributed by atoms with Gasteiger partial charge >= 0.3 is 0 Å². The van der Waals surface area contributed by atoms with Crippen LogP contribution in [0.25, 0.3) is 0 Å². The first kappa shape index (κ1) is 11.7. The molecule has 1 atom stereocenters. The number of aromatic nitrogens is 2. The highest BCUT2D eigenvalue weighted by Crippen LogP contribution is 2.29. The van der Waals surface area contributed by atoms with Crippen LogP contribution in [-0.2, 0) is 7.05 Å². The first-order valence-electron chi connectivity index (χ1n) is 5.43. The summed E-state index contributed by atoms with van der Waals surface area (Å²) in [4.78, 5) is 4.15. The summed E-state index contributed by atoms with van der Waals surface area (Å²) in [6.07, 6.45) is 2.70. The Morgan fingerprint density at radius 3 is 2.76 bits per heavy atom. The van der Waals surface area contributed by atoms with Gasteiger partial charge in [0.05, 0.1) is 7.11 Å². The minimum absolute atomic E-state index is 0.605. The molecule has 0 saturated carbocycles. The normalized spacial score (nSPS) is 12.5. The van der Waals surface area contributed by atoms with Gasteiger partial charge in [0.25, 0.3) is 0 Å². The fourth-order valence-electron chi connectivity index (χ4n) is 1.85. The maximum Gasteiger partial charge on any atom is 0.142 e. The number of hydrogen-bond acceptors (Lipinski definition) is 3. The molecule has 17 heavy (non-hydrogen) atoms. The third kappa shape index (κ3) is 2.17. The molecule has 0 amide bonds. The number of aryl methyl sites for hydroxylation is 2. The maximum atomic E-state index is 10.3. The standard InChI is InChI=1S/C13H16N2O2/c1-9-4-5-11(17-3)10(8-9)12(16)13-14-6-7-15(13)2/h4-8,12,16H,1-3H3. The molecule has 1 aromatic heterocycles. The summed E-state index contributed by atoms with van der Waals surface area (Å²) in [7, 11) is 3.45. The number of hydrogen-bond donors (Lipinski definition) is 1. The van der Waals surface area contributed by atoms with Crippen LogP contribution in [0.3, 0.4) is 0 Å². The summed E-state index contributed by atoms with van der Waals surface area (Å²) in [5.74, 6) is 1.28. The third-order valence-electron chi connectivity index (χ3n) is 2.78. The summed E-state index contributed by atoms with van der Waals surface area (Å²) in [5, 5.41) is 10.3. The van der Waals surface area contributed by atoms with Gasteiger partial charge in [-0.1, -0.05) is 11.6 Å². The minimum Gasteiger partial charge on any atom is -0.496 e. The van der Waals surface area contributed by atoms with E-state index in [1.807, 2.05) is 32.2 Å². The molecule has 4 heteroatoms. The van der Waals surface area contributed by atoms with Gasteiger partial charge in [-0.15, -0.1) is 0 Å². The van der Waals surface area contributed by atoms with E-state index >= 15 is 0 Å². The Balaban J connectivity index is 2.46. The first-order valence-corrected chi connectivity index (χ1v) is 5.43. The molecule has 0 bridgehead atoms. The van der Waals surface area contributed by atoms with Crippen molar-refractivity contribution < 1.29 is 9.84 Å². The van der Waals surface area contributed by atoms with Gasteiger partial charge < -0.3 is 14.4 Å². The predicted octanol–water partition coefficient (Wildman–Crippen LogP) is 1.82. The largest absolute Gasteiger partial charge is 0.496 e. The number of rotatable bonds is 3. The van der Waals surface area contributed by atoms with Gasteiger partial charge in [-0.3, -0.25) is 0 Å². The van der Waals surface area contributed by atoms with Crippen molar-refractivity contribution in [2.24, 2.45) is 7.05 Å². The molecule has 0 fully saturated rings. The molecule has 0 saturated heterocycles. The Bertz CT molecular complexity index is 520. The molecule has 1 N–H and O–H groups in total. The molecule has 0 radical (unpaired) electrons. The molecular weight excluding hydrogens is 216 g/mol. The van der Waals surface area contributed by atoms with Crippen LogP contribution in [0.4, 0.5) is 0 Å². The molecular formula is C13H16N2O2. The van der Waals surface area contributed by atoms with Crippen LogP contribution in [0.2, 0.25) is 0 Å². The Hall–Kier alpha value is -1.81. The zero-order chi connectivity index (χ0) is 12.4. The van der Waals surface area contributed by atoms with Crippen molar-refractivity contribution in [3.63, 3.8) is 0 Å². The summed E-state index contributed by atoms with van der Waals surface area (Å²) >= 11 is 0. The molecule has 2 rings (SSSR count). The molecule has 4 nitrogen and oxygen atoms in total. The van der Waals surface area contributed by atoms with Gasteiger partial charge in [-0.25, -0.2) is 4.98 Å². The monoisotopic (exact) mass is 232 g/mol. The molecule has 0 spiro atoms. The van der Waals surface area contributed by atoms with E-state index in [-0.39, 0.29) is 0 Å². The van der Waals surface area contributed by atoms with Crippen LogP contribution in [0.5, 0.6) is 5.75 Å². The molecule has 0 aliphatic rings. The highest BCUT2D eigenvalue weighted by atomic mass is 16.5. The van der Waals surface area contributed by atoms with E-state index in [1.165, 1.54) is 0 Å². The van der Waals surface area contributed by atoms with Gasteiger partial charge in [-0.2, -0.15) is 0 Å². The van der Waals surface area contributed by atoms with E-state index in [0.717, 1.165) is 11.1 Å². The van der Waals surface area contributed by atoms with Gasteiger partial charge in [0, 0.05) is 25.0 Å². The van der Waals surface area contributed by atoms with Crippen LogP contribution >= 0.6 is 0 Å². The van der Waals surface area contributed by atoms with Crippen LogP contribution < -0.4 is 4.74 Å². The van der Waals surface area contributed by atoms with E-state index in [4.69, 9.17) is 4.74 Å². The Kier molecular flexibility index (Phi) is 3.15. The average Bonchev–Trinajstić information content (AvgIpc) is 2.74. The van der Waals surface area contributed by atoms with Crippen LogP contribution in [0.1, 0.15) is 23.1 Å². The third-order valence-corrected chi connectivity index (χ3v) is 2.78. The number of aliphatic hydroxyl groups is 1. The van der Waals surface area contributed by atoms with Crippen molar-refractivity contribution in [1.82, 2.24) is 9.55 Å². The van der Waals surface area contributed by atoms with Crippen molar-refractivity contribution in [3.05, 3.63) is 47.5 Å². The quantitative estimate of drug-likeness (QED) is 0.878. The van der Waals surface area contributed by atoms with Gasteiger partial charge in [0.2, 0.25) is 0 Å². The van der Waals surface area contributed by atoms with E-state index < -0.39 is 6.10 Å². The van der Waals surface area contributed by atoms with Crippen LogP contribution in [0.15, 0.2) is 30.6 Å². The minimum atomic E-state index is -0.773. The second kappa shape index (κ2) is 4.59. The summed E-state index contributed by atoms with van der Waals surface area (Å²) in [6.45, 7) is 1.98. The number of aliphatic hydroxyl groups excluding tert-OH is 1. The Morgan fingerprint density at radius 2 is 2.18 bits per heavy atom. The lowest BCUT2D eigenvalue weighted by Gasteiger charge is -2.15. The zero-order valence-electron chi connectivity index (χ0n) is 10.2. The number of imidazole rings is 1. The van der Waals surface area contributed by atoms with Crippen molar-refractivity contribution in [2.75, 3.05) is 7.11 Å². The molecule has 1 aromatic carbocycles. The molecule has 0 aliphatic heterocycles. The maximum absolute atomic E-state index is 10.3. The van der Waals surface area contributed by atoms with Crippen molar-refractivity contribution in [3.8, 4) is 5.75 Å². The van der Waals surface area contributed by atoms with E-state index in [2.05, 4.69) is 4.98 Å². The smallest absolute Gasteiger partial charge is 0.142 e. The van der Waals surface area contributed by atoms with Crippen LogP contribution in [-0.4, -0.2) is 21.8 Å². The fraction of sp³-hybridized carbons (Fsp3) is 0.308. The topological polar surface area (TPSA) is 47.3 Å². The lowest BCUT2D eigenvalue weighted by atomic mass is 10.0. The van der Waals surface area contributed by atoms with Crippen molar-refractivity contribution in [2.45, 2.75) is 13.0 Å². The average molecular weight is 232 g/mol. The number of methoxy groups -OCH3 is 1. The Morgan fingerprint density at radius 1 is 1.41 bits per heavy atom. The summed E-state index contributed by atoms with van der Waals surface area (Å²) < 4.78 is 7.06. The van der Waals surface area contributed by atoms with E-state index in [9.17, 15) is 5.11 Å². The van der Waals surface area contributed by atoms with E-state index in [1.54, 1.807) is 24.1 Å². The first-order chi connectivity index (χ1) is 8.13. The molecule has 1 unspecified atom stereocenters. The molecule has 1 heterocycles. The highest BCUT2D eigenvalue weighted by Gasteiger charge is 2.19. The van der Waals surface area contributed by atoms with Crippen molar-refractivity contribution in [1.29, 1.82) is 0 Å². The lowest BCUT2D eigenvalue weighted by Crippen LogP contribution is -2.08. The Labute approximate surface area is 100 Å². The van der Waals surface area contributed by atoms with Gasteiger partial charge in [0.15, 0.2) is 0 Å². The second-order valence-corrected chi connectivity index (χ2v) is 4.04. The fourth-order valence-corrected chi connectivity index (χ4v) is 1.85. The van der Waals surface area contributed by atoms with Crippen molar-refractivity contribution >= 4 is 0 Å². The zero-order valence-corrected chi connectivity index (χ0v) is 10.2. The summed E-state index contributed by atoms with van der Waals surface area (Å²) in [6, 6.07) is 5.72. The van der Waals surface area contributed by atoms with E-state index in [0.29, 0.717) is 11.6 Å². The lowest BCUT2D eigenvalue weighted by molar-refractivity contribution is 0.201. The predicted molar refractivity (Wildman–Crippen MR) is 65.0 cm³/mol.